The fraction of sp³-hybridized carbons (Fsp3) is 0.438. The summed E-state index contributed by atoms with van der Waals surface area (Å²) in [4.78, 5) is 25.4. The van der Waals surface area contributed by atoms with Gasteiger partial charge >= 0.3 is 5.97 Å². The van der Waals surface area contributed by atoms with Gasteiger partial charge in [0.05, 0.1) is 11.6 Å². The van der Waals surface area contributed by atoms with Crippen LogP contribution in [-0.2, 0) is 16.0 Å². The maximum absolute atomic E-state index is 12.4. The monoisotopic (exact) mass is 286 g/mol. The van der Waals surface area contributed by atoms with E-state index in [0.717, 1.165) is 24.8 Å². The van der Waals surface area contributed by atoms with Crippen LogP contribution in [0.3, 0.4) is 0 Å². The van der Waals surface area contributed by atoms with Gasteiger partial charge in [0.1, 0.15) is 5.92 Å². The molecule has 0 aromatic heterocycles. The van der Waals surface area contributed by atoms with Gasteiger partial charge in [-0.05, 0) is 43.4 Å². The zero-order valence-electron chi connectivity index (χ0n) is 11.8. The van der Waals surface area contributed by atoms with E-state index < -0.39 is 11.9 Å². The summed E-state index contributed by atoms with van der Waals surface area (Å²) in [5, 5.41) is 18.1. The first-order valence-electron chi connectivity index (χ1n) is 7.12. The Labute approximate surface area is 123 Å². The van der Waals surface area contributed by atoms with Gasteiger partial charge in [0.25, 0.3) is 0 Å². The number of likely N-dealkylation sites (tertiary alicyclic amines) is 1. The van der Waals surface area contributed by atoms with E-state index in [1.165, 1.54) is 0 Å². The number of benzene rings is 1. The summed E-state index contributed by atoms with van der Waals surface area (Å²) in [6.45, 7) is 1.30. The van der Waals surface area contributed by atoms with E-state index in [0.29, 0.717) is 18.7 Å². The number of nitriles is 1. The van der Waals surface area contributed by atoms with Gasteiger partial charge in [0.2, 0.25) is 5.91 Å². The van der Waals surface area contributed by atoms with E-state index in [-0.39, 0.29) is 12.3 Å². The van der Waals surface area contributed by atoms with E-state index in [1.807, 2.05) is 6.07 Å². The molecule has 1 aliphatic heterocycles. The molecule has 2 rings (SSSR count). The summed E-state index contributed by atoms with van der Waals surface area (Å²) in [7, 11) is 0. The van der Waals surface area contributed by atoms with E-state index in [2.05, 4.69) is 0 Å². The highest BCUT2D eigenvalue weighted by Crippen LogP contribution is 2.17. The van der Waals surface area contributed by atoms with Gasteiger partial charge in [-0.25, -0.2) is 0 Å². The average Bonchev–Trinajstić information content (AvgIpc) is 2.53. The third kappa shape index (κ3) is 3.82. The number of carbonyl (C=O) groups excluding carboxylic acids is 1. The molecule has 1 atom stereocenters. The summed E-state index contributed by atoms with van der Waals surface area (Å²) in [5.74, 6) is -2.43. The molecule has 110 valence electrons. The largest absolute Gasteiger partial charge is 0.481 e. The highest BCUT2D eigenvalue weighted by Gasteiger charge is 2.31. The molecule has 0 aliphatic carbocycles. The molecule has 1 heterocycles. The minimum Gasteiger partial charge on any atom is -0.481 e. The summed E-state index contributed by atoms with van der Waals surface area (Å²) in [6.07, 6.45) is 3.14. The molecule has 1 unspecified atom stereocenters. The second kappa shape index (κ2) is 6.89. The van der Waals surface area contributed by atoms with E-state index in [1.54, 1.807) is 29.2 Å². The number of aliphatic carboxylic acids is 1. The first kappa shape index (κ1) is 15.0. The van der Waals surface area contributed by atoms with Crippen molar-refractivity contribution in [2.45, 2.75) is 25.7 Å². The van der Waals surface area contributed by atoms with Crippen LogP contribution in [0.4, 0.5) is 0 Å². The van der Waals surface area contributed by atoms with Crippen LogP contribution in [0.2, 0.25) is 0 Å². The van der Waals surface area contributed by atoms with Crippen LogP contribution in [-0.4, -0.2) is 35.0 Å². The molecule has 0 spiro atoms. The zero-order valence-corrected chi connectivity index (χ0v) is 11.8. The number of rotatable bonds is 4. The smallest absolute Gasteiger partial charge is 0.316 e. The van der Waals surface area contributed by atoms with Crippen molar-refractivity contribution in [2.24, 2.45) is 5.92 Å². The Balaban J connectivity index is 2.09. The first-order valence-corrected chi connectivity index (χ1v) is 7.12. The number of carboxylic acid groups (broad SMARTS) is 1. The number of carboxylic acids is 1. The number of piperidine rings is 1. The number of hydrogen-bond donors (Lipinski definition) is 1. The molecule has 1 aliphatic rings. The van der Waals surface area contributed by atoms with Crippen LogP contribution < -0.4 is 0 Å². The lowest BCUT2D eigenvalue weighted by Gasteiger charge is -2.29. The van der Waals surface area contributed by atoms with Crippen molar-refractivity contribution in [1.29, 1.82) is 5.26 Å². The van der Waals surface area contributed by atoms with Crippen molar-refractivity contribution in [2.75, 3.05) is 13.1 Å². The van der Waals surface area contributed by atoms with Crippen LogP contribution in [0.5, 0.6) is 0 Å². The minimum atomic E-state index is -1.09. The average molecular weight is 286 g/mol. The predicted molar refractivity (Wildman–Crippen MR) is 76.4 cm³/mol. The fourth-order valence-corrected chi connectivity index (χ4v) is 2.57. The summed E-state index contributed by atoms with van der Waals surface area (Å²) < 4.78 is 0. The van der Waals surface area contributed by atoms with E-state index >= 15 is 0 Å². The van der Waals surface area contributed by atoms with E-state index in [4.69, 9.17) is 5.26 Å². The summed E-state index contributed by atoms with van der Waals surface area (Å²) in [5.41, 5.74) is 1.28. The van der Waals surface area contributed by atoms with Crippen LogP contribution in [0.25, 0.3) is 0 Å². The van der Waals surface area contributed by atoms with Gasteiger partial charge in [-0.15, -0.1) is 0 Å². The Morgan fingerprint density at radius 3 is 2.33 bits per heavy atom. The molecule has 0 bridgehead atoms. The molecule has 1 saturated heterocycles. The normalized spacial score (nSPS) is 16.0. The highest BCUT2D eigenvalue weighted by molar-refractivity contribution is 5.97. The van der Waals surface area contributed by atoms with Crippen LogP contribution in [0.1, 0.15) is 30.4 Å². The van der Waals surface area contributed by atoms with Gasteiger partial charge in [-0.2, -0.15) is 5.26 Å². The number of nitrogens with zero attached hydrogens (tertiary/aromatic N) is 2. The zero-order chi connectivity index (χ0) is 15.2. The second-order valence-electron chi connectivity index (χ2n) is 5.29. The predicted octanol–water partition coefficient (Wildman–Crippen LogP) is 1.81. The lowest BCUT2D eigenvalue weighted by molar-refractivity contribution is -0.151. The van der Waals surface area contributed by atoms with Crippen molar-refractivity contribution in [3.05, 3.63) is 35.4 Å². The summed E-state index contributed by atoms with van der Waals surface area (Å²) in [6, 6.07) is 8.70. The molecule has 1 fully saturated rings. The molecule has 1 aromatic rings. The lowest BCUT2D eigenvalue weighted by atomic mass is 9.96. The minimum absolute atomic E-state index is 0.163. The lowest BCUT2D eigenvalue weighted by Crippen LogP contribution is -2.43. The molecule has 0 radical (unpaired) electrons. The molecule has 21 heavy (non-hydrogen) atoms. The van der Waals surface area contributed by atoms with E-state index in [9.17, 15) is 14.7 Å². The molecule has 1 N–H and O–H groups in total. The van der Waals surface area contributed by atoms with Crippen LogP contribution >= 0.6 is 0 Å². The molecular formula is C16H18N2O3. The molecule has 5 nitrogen and oxygen atoms in total. The van der Waals surface area contributed by atoms with Crippen molar-refractivity contribution in [1.82, 2.24) is 4.90 Å². The SMILES string of the molecule is N#Cc1ccc(CC(C(=O)O)C(=O)N2CCCCC2)cc1. The molecule has 0 saturated carbocycles. The number of hydrogen-bond acceptors (Lipinski definition) is 3. The first-order chi connectivity index (χ1) is 10.1. The summed E-state index contributed by atoms with van der Waals surface area (Å²) >= 11 is 0. The molecular weight excluding hydrogens is 268 g/mol. The number of amides is 1. The Kier molecular flexibility index (Phi) is 4.94. The molecule has 5 heteroatoms. The van der Waals surface area contributed by atoms with Crippen molar-refractivity contribution in [3.63, 3.8) is 0 Å². The third-order valence-corrected chi connectivity index (χ3v) is 3.79. The Morgan fingerprint density at radius 2 is 1.81 bits per heavy atom. The van der Waals surface area contributed by atoms with Crippen molar-refractivity contribution >= 4 is 11.9 Å². The Hall–Kier alpha value is -2.35. The van der Waals surface area contributed by atoms with Gasteiger partial charge in [0, 0.05) is 13.1 Å². The molecule has 1 aromatic carbocycles. The van der Waals surface area contributed by atoms with Crippen LogP contribution in [0, 0.1) is 17.2 Å². The topological polar surface area (TPSA) is 81.4 Å². The maximum Gasteiger partial charge on any atom is 0.316 e. The van der Waals surface area contributed by atoms with Gasteiger partial charge < -0.3 is 10.0 Å². The van der Waals surface area contributed by atoms with Crippen LogP contribution in [0.15, 0.2) is 24.3 Å². The molecule has 1 amide bonds. The number of carbonyl (C=O) groups is 2. The highest BCUT2D eigenvalue weighted by atomic mass is 16.4. The second-order valence-corrected chi connectivity index (χ2v) is 5.29. The maximum atomic E-state index is 12.4. The van der Waals surface area contributed by atoms with Crippen molar-refractivity contribution in [3.8, 4) is 6.07 Å². The third-order valence-electron chi connectivity index (χ3n) is 3.79. The van der Waals surface area contributed by atoms with Gasteiger partial charge in [-0.1, -0.05) is 12.1 Å². The Bertz CT molecular complexity index is 554. The van der Waals surface area contributed by atoms with Gasteiger partial charge in [0.15, 0.2) is 0 Å². The Morgan fingerprint density at radius 1 is 1.19 bits per heavy atom. The van der Waals surface area contributed by atoms with Crippen molar-refractivity contribution < 1.29 is 14.7 Å². The standard InChI is InChI=1S/C16H18N2O3/c17-11-13-6-4-12(5-7-13)10-14(16(20)21)15(19)18-8-2-1-3-9-18/h4-7,14H,1-3,8-10H2,(H,20,21). The fourth-order valence-electron chi connectivity index (χ4n) is 2.57. The van der Waals surface area contributed by atoms with Gasteiger partial charge in [-0.3, -0.25) is 9.59 Å². The quantitative estimate of drug-likeness (QED) is 0.856.